The molecule has 0 aromatic carbocycles. The molecule has 154 valence electrons. The minimum atomic E-state index is 0.561. The first-order chi connectivity index (χ1) is 15.2. The van der Waals surface area contributed by atoms with Crippen molar-refractivity contribution in [3.05, 3.63) is 54.7 Å². The van der Waals surface area contributed by atoms with Gasteiger partial charge >= 0.3 is 0 Å². The highest BCUT2D eigenvalue weighted by Crippen LogP contribution is 2.39. The van der Waals surface area contributed by atoms with Crippen LogP contribution in [-0.2, 0) is 7.05 Å². The maximum atomic E-state index is 9.63. The molecule has 2 aliphatic rings. The number of pyridine rings is 2. The summed E-state index contributed by atoms with van der Waals surface area (Å²) in [6.45, 7) is 0. The Kier molecular flexibility index (Phi) is 4.06. The standard InChI is InChI=1S/C24H23N7/c1-29-14-19(13-27-29)17-9-22(24-18(10-25)12-28-30(24)15-17)16-5-8-23(26-11-16)31-20-3-2-4-21(31)7-6-20/h5,8-9,11-15,20-21H,2-4,6-7H2,1H3/t20-,21?/m1/s1. The second-order valence-electron chi connectivity index (χ2n) is 8.64. The molecule has 6 rings (SSSR count). The Morgan fingerprint density at radius 3 is 2.45 bits per heavy atom. The van der Waals surface area contributed by atoms with Crippen molar-refractivity contribution in [2.45, 2.75) is 44.2 Å². The van der Waals surface area contributed by atoms with Crippen LogP contribution in [0.5, 0.6) is 0 Å². The van der Waals surface area contributed by atoms with Crippen molar-refractivity contribution in [2.75, 3.05) is 4.90 Å². The second-order valence-corrected chi connectivity index (χ2v) is 8.64. The van der Waals surface area contributed by atoms with Crippen LogP contribution in [0.15, 0.2) is 49.2 Å². The van der Waals surface area contributed by atoms with Crippen molar-refractivity contribution >= 4 is 11.3 Å². The lowest BCUT2D eigenvalue weighted by molar-refractivity contribution is 0.464. The molecule has 0 aliphatic carbocycles. The Morgan fingerprint density at radius 2 is 1.77 bits per heavy atom. The van der Waals surface area contributed by atoms with Gasteiger partial charge < -0.3 is 4.90 Å². The Morgan fingerprint density at radius 1 is 0.935 bits per heavy atom. The topological polar surface area (TPSA) is 75.0 Å². The fourth-order valence-corrected chi connectivity index (χ4v) is 5.34. The number of aromatic nitrogens is 5. The normalized spacial score (nSPS) is 20.3. The lowest BCUT2D eigenvalue weighted by Crippen LogP contribution is -2.40. The zero-order chi connectivity index (χ0) is 20.9. The molecule has 0 amide bonds. The van der Waals surface area contributed by atoms with Crippen LogP contribution in [0.1, 0.15) is 37.7 Å². The van der Waals surface area contributed by atoms with E-state index >= 15 is 0 Å². The summed E-state index contributed by atoms with van der Waals surface area (Å²) in [5.41, 5.74) is 5.32. The van der Waals surface area contributed by atoms with E-state index in [1.807, 2.05) is 31.8 Å². The molecule has 6 heterocycles. The molecule has 2 fully saturated rings. The van der Waals surface area contributed by atoms with Crippen molar-refractivity contribution < 1.29 is 0 Å². The van der Waals surface area contributed by atoms with Crippen LogP contribution in [0.25, 0.3) is 27.8 Å². The second kappa shape index (κ2) is 6.95. The van der Waals surface area contributed by atoms with Crippen LogP contribution in [0.3, 0.4) is 0 Å². The highest BCUT2D eigenvalue weighted by atomic mass is 15.3. The first-order valence-electron chi connectivity index (χ1n) is 10.9. The van der Waals surface area contributed by atoms with E-state index in [2.05, 4.69) is 39.4 Å². The Balaban J connectivity index is 1.46. The summed E-state index contributed by atoms with van der Waals surface area (Å²) in [7, 11) is 1.90. The van der Waals surface area contributed by atoms with Gasteiger partial charge in [-0.15, -0.1) is 0 Å². The number of hydrogen-bond donors (Lipinski definition) is 0. The number of rotatable bonds is 3. The van der Waals surface area contributed by atoms with E-state index in [-0.39, 0.29) is 0 Å². The van der Waals surface area contributed by atoms with Crippen molar-refractivity contribution in [3.63, 3.8) is 0 Å². The molecule has 7 heteroatoms. The third-order valence-corrected chi connectivity index (χ3v) is 6.79. The monoisotopic (exact) mass is 409 g/mol. The molecule has 1 unspecified atom stereocenters. The molecule has 7 nitrogen and oxygen atoms in total. The van der Waals surface area contributed by atoms with Gasteiger partial charge in [0, 0.05) is 60.0 Å². The summed E-state index contributed by atoms with van der Waals surface area (Å²) in [6.07, 6.45) is 15.8. The molecule has 0 spiro atoms. The number of hydrogen-bond acceptors (Lipinski definition) is 5. The molecule has 2 atom stereocenters. The molecule has 4 aromatic heterocycles. The van der Waals surface area contributed by atoms with Gasteiger partial charge in [0.25, 0.3) is 0 Å². The van der Waals surface area contributed by atoms with Crippen molar-refractivity contribution in [1.29, 1.82) is 5.26 Å². The van der Waals surface area contributed by atoms with E-state index in [1.165, 1.54) is 32.1 Å². The molecule has 4 aromatic rings. The molecule has 0 saturated carbocycles. The minimum absolute atomic E-state index is 0.561. The highest BCUT2D eigenvalue weighted by Gasteiger charge is 2.37. The average molecular weight is 409 g/mol. The highest BCUT2D eigenvalue weighted by molar-refractivity contribution is 5.87. The molecule has 31 heavy (non-hydrogen) atoms. The van der Waals surface area contributed by atoms with Gasteiger partial charge in [-0.25, -0.2) is 9.50 Å². The van der Waals surface area contributed by atoms with Crippen LogP contribution >= 0.6 is 0 Å². The summed E-state index contributed by atoms with van der Waals surface area (Å²) in [5, 5.41) is 18.3. The number of piperidine rings is 1. The van der Waals surface area contributed by atoms with E-state index in [9.17, 15) is 5.26 Å². The lowest BCUT2D eigenvalue weighted by Gasteiger charge is -2.35. The van der Waals surface area contributed by atoms with Crippen LogP contribution in [0.2, 0.25) is 0 Å². The molecule has 0 radical (unpaired) electrons. The Bertz CT molecular complexity index is 1290. The van der Waals surface area contributed by atoms with Crippen LogP contribution in [-0.4, -0.2) is 36.5 Å². The lowest BCUT2D eigenvalue weighted by atomic mass is 10.0. The fraction of sp³-hybridized carbons (Fsp3) is 0.333. The summed E-state index contributed by atoms with van der Waals surface area (Å²) < 4.78 is 3.57. The Hall–Kier alpha value is -3.66. The van der Waals surface area contributed by atoms with Crippen LogP contribution in [0, 0.1) is 11.3 Å². The maximum absolute atomic E-state index is 9.63. The van der Waals surface area contributed by atoms with Gasteiger partial charge in [0.2, 0.25) is 0 Å². The van der Waals surface area contributed by atoms with E-state index in [0.29, 0.717) is 17.6 Å². The van der Waals surface area contributed by atoms with Gasteiger partial charge in [0.15, 0.2) is 0 Å². The summed E-state index contributed by atoms with van der Waals surface area (Å²) in [4.78, 5) is 7.41. The SMILES string of the molecule is Cn1cc(-c2cc(-c3ccc(N4C5CCC[C@@H]4CC5)nc3)c3c(C#N)cnn3c2)cn1. The molecule has 2 aliphatic heterocycles. The third kappa shape index (κ3) is 2.90. The third-order valence-electron chi connectivity index (χ3n) is 6.79. The summed E-state index contributed by atoms with van der Waals surface area (Å²) in [6, 6.07) is 9.93. The molecular formula is C24H23N7. The van der Waals surface area contributed by atoms with Crippen molar-refractivity contribution in [3.8, 4) is 28.3 Å². The molecule has 0 N–H and O–H groups in total. The number of anilines is 1. The zero-order valence-corrected chi connectivity index (χ0v) is 17.4. The quantitative estimate of drug-likeness (QED) is 0.507. The molecular weight excluding hydrogens is 386 g/mol. The van der Waals surface area contributed by atoms with Gasteiger partial charge in [0.1, 0.15) is 11.9 Å². The van der Waals surface area contributed by atoms with Crippen LogP contribution < -0.4 is 4.90 Å². The zero-order valence-electron chi connectivity index (χ0n) is 17.4. The summed E-state index contributed by atoms with van der Waals surface area (Å²) in [5.74, 6) is 1.07. The maximum Gasteiger partial charge on any atom is 0.129 e. The van der Waals surface area contributed by atoms with Gasteiger partial charge in [-0.3, -0.25) is 4.68 Å². The van der Waals surface area contributed by atoms with E-state index in [0.717, 1.165) is 33.6 Å². The van der Waals surface area contributed by atoms with Crippen LogP contribution in [0.4, 0.5) is 5.82 Å². The first kappa shape index (κ1) is 18.1. The Labute approximate surface area is 180 Å². The van der Waals surface area contributed by atoms with Gasteiger partial charge in [0.05, 0.1) is 23.5 Å². The fourth-order valence-electron chi connectivity index (χ4n) is 5.34. The molecule has 2 saturated heterocycles. The van der Waals surface area contributed by atoms with E-state index in [1.54, 1.807) is 15.4 Å². The number of nitrogens with zero attached hydrogens (tertiary/aromatic N) is 7. The molecule has 2 bridgehead atoms. The largest absolute Gasteiger partial charge is 0.351 e. The summed E-state index contributed by atoms with van der Waals surface area (Å²) >= 11 is 0. The number of aryl methyl sites for hydroxylation is 1. The van der Waals surface area contributed by atoms with Crippen molar-refractivity contribution in [2.24, 2.45) is 7.05 Å². The van der Waals surface area contributed by atoms with Gasteiger partial charge in [-0.2, -0.15) is 15.5 Å². The smallest absolute Gasteiger partial charge is 0.129 e. The average Bonchev–Trinajstić information content (AvgIpc) is 3.48. The van der Waals surface area contributed by atoms with Crippen molar-refractivity contribution in [1.82, 2.24) is 24.4 Å². The minimum Gasteiger partial charge on any atom is -0.351 e. The van der Waals surface area contributed by atoms with Gasteiger partial charge in [-0.1, -0.05) is 0 Å². The number of nitriles is 1. The predicted molar refractivity (Wildman–Crippen MR) is 118 cm³/mol. The predicted octanol–water partition coefficient (Wildman–Crippen LogP) is 4.19. The van der Waals surface area contributed by atoms with Gasteiger partial charge in [-0.05, 0) is 50.3 Å². The number of fused-ring (bicyclic) bond motifs is 3. The van der Waals surface area contributed by atoms with E-state index in [4.69, 9.17) is 4.98 Å². The first-order valence-corrected chi connectivity index (χ1v) is 10.9. The van der Waals surface area contributed by atoms with E-state index < -0.39 is 0 Å².